The second-order valence-electron chi connectivity index (χ2n) is 2.57. The SMILES string of the molecule is O=C(O)c1ncc2ccc(O)cn12. The number of imidazole rings is 1. The van der Waals surface area contributed by atoms with Gasteiger partial charge in [-0.3, -0.25) is 4.40 Å². The summed E-state index contributed by atoms with van der Waals surface area (Å²) in [5, 5.41) is 17.8. The lowest BCUT2D eigenvalue weighted by Gasteiger charge is -1.96. The average Bonchev–Trinajstić information content (AvgIpc) is 2.46. The smallest absolute Gasteiger partial charge is 0.372 e. The molecule has 0 atom stereocenters. The number of carboxylic acid groups (broad SMARTS) is 1. The van der Waals surface area contributed by atoms with E-state index in [4.69, 9.17) is 10.2 Å². The zero-order valence-corrected chi connectivity index (χ0v) is 6.51. The maximum atomic E-state index is 10.6. The minimum Gasteiger partial charge on any atom is -0.506 e. The minimum absolute atomic E-state index is 0.00741. The van der Waals surface area contributed by atoms with Crippen molar-refractivity contribution < 1.29 is 15.0 Å². The van der Waals surface area contributed by atoms with E-state index in [0.29, 0.717) is 5.52 Å². The number of aromatic nitrogens is 2. The first kappa shape index (κ1) is 7.60. The number of aromatic hydroxyl groups is 1. The molecule has 5 nitrogen and oxygen atoms in total. The highest BCUT2D eigenvalue weighted by Gasteiger charge is 2.10. The van der Waals surface area contributed by atoms with Gasteiger partial charge in [-0.25, -0.2) is 9.78 Å². The second-order valence-corrected chi connectivity index (χ2v) is 2.57. The fraction of sp³-hybridized carbons (Fsp3) is 0. The largest absolute Gasteiger partial charge is 0.506 e. The van der Waals surface area contributed by atoms with Gasteiger partial charge in [0.25, 0.3) is 0 Å². The third kappa shape index (κ3) is 1.10. The highest BCUT2D eigenvalue weighted by molar-refractivity contribution is 5.85. The molecule has 0 aliphatic carbocycles. The second kappa shape index (κ2) is 2.48. The van der Waals surface area contributed by atoms with E-state index in [1.807, 2.05) is 0 Å². The van der Waals surface area contributed by atoms with Gasteiger partial charge in [0.2, 0.25) is 5.82 Å². The van der Waals surface area contributed by atoms with E-state index >= 15 is 0 Å². The third-order valence-corrected chi connectivity index (χ3v) is 1.70. The molecule has 0 aliphatic rings. The molecule has 2 aromatic rings. The first-order chi connectivity index (χ1) is 6.18. The van der Waals surface area contributed by atoms with E-state index in [9.17, 15) is 4.79 Å². The Morgan fingerprint density at radius 1 is 1.46 bits per heavy atom. The Balaban J connectivity index is 2.79. The summed E-state index contributed by atoms with van der Waals surface area (Å²) in [6.45, 7) is 0. The number of fused-ring (bicyclic) bond motifs is 1. The Morgan fingerprint density at radius 3 is 2.92 bits per heavy atom. The number of rotatable bonds is 1. The summed E-state index contributed by atoms with van der Waals surface area (Å²) in [4.78, 5) is 14.3. The molecule has 0 bridgehead atoms. The van der Waals surface area contributed by atoms with Crippen LogP contribution in [0.2, 0.25) is 0 Å². The molecule has 13 heavy (non-hydrogen) atoms. The van der Waals surface area contributed by atoms with Crippen molar-refractivity contribution in [3.05, 3.63) is 30.4 Å². The molecule has 2 aromatic heterocycles. The Bertz CT molecular complexity index is 475. The van der Waals surface area contributed by atoms with Gasteiger partial charge in [-0.1, -0.05) is 0 Å². The van der Waals surface area contributed by atoms with Crippen molar-refractivity contribution in [3.63, 3.8) is 0 Å². The van der Waals surface area contributed by atoms with Gasteiger partial charge in [-0.05, 0) is 12.1 Å². The lowest BCUT2D eigenvalue weighted by molar-refractivity contribution is 0.0683. The predicted octanol–water partition coefficient (Wildman–Crippen LogP) is 0.738. The maximum absolute atomic E-state index is 10.6. The van der Waals surface area contributed by atoms with Crippen LogP contribution in [0.25, 0.3) is 5.52 Å². The van der Waals surface area contributed by atoms with Gasteiger partial charge >= 0.3 is 5.97 Å². The summed E-state index contributed by atoms with van der Waals surface area (Å²) in [6.07, 6.45) is 2.74. The quantitative estimate of drug-likeness (QED) is 0.675. The van der Waals surface area contributed by atoms with Crippen LogP contribution in [-0.4, -0.2) is 25.6 Å². The standard InChI is InChI=1S/C8H6N2O3/c11-6-2-1-5-3-9-7(8(12)13)10(5)4-6/h1-4,11H,(H,12,13). The molecule has 0 amide bonds. The number of hydrogen-bond donors (Lipinski definition) is 2. The lowest BCUT2D eigenvalue weighted by Crippen LogP contribution is -2.02. The van der Waals surface area contributed by atoms with Gasteiger partial charge in [0.15, 0.2) is 0 Å². The molecule has 2 rings (SSSR count). The average molecular weight is 178 g/mol. The third-order valence-electron chi connectivity index (χ3n) is 1.70. The maximum Gasteiger partial charge on any atom is 0.372 e. The van der Waals surface area contributed by atoms with Gasteiger partial charge in [-0.2, -0.15) is 0 Å². The molecule has 0 aliphatic heterocycles. The monoisotopic (exact) mass is 178 g/mol. The molecule has 0 aromatic carbocycles. The molecule has 0 spiro atoms. The molecule has 2 N–H and O–H groups in total. The van der Waals surface area contributed by atoms with Gasteiger partial charge in [0.1, 0.15) is 5.75 Å². The molecule has 2 heterocycles. The van der Waals surface area contributed by atoms with Crippen molar-refractivity contribution in [3.8, 4) is 5.75 Å². The van der Waals surface area contributed by atoms with Crippen LogP contribution in [0.5, 0.6) is 5.75 Å². The number of hydrogen-bond acceptors (Lipinski definition) is 3. The highest BCUT2D eigenvalue weighted by atomic mass is 16.4. The molecule has 0 unspecified atom stereocenters. The van der Waals surface area contributed by atoms with Gasteiger partial charge in [-0.15, -0.1) is 0 Å². The number of aromatic carboxylic acids is 1. The molecule has 0 saturated heterocycles. The molecular weight excluding hydrogens is 172 g/mol. The molecule has 66 valence electrons. The summed E-state index contributed by atoms with van der Waals surface area (Å²) in [5.41, 5.74) is 0.634. The van der Waals surface area contributed by atoms with E-state index < -0.39 is 5.97 Å². The van der Waals surface area contributed by atoms with E-state index in [-0.39, 0.29) is 11.6 Å². The minimum atomic E-state index is -1.12. The highest BCUT2D eigenvalue weighted by Crippen LogP contribution is 2.13. The van der Waals surface area contributed by atoms with Crippen LogP contribution in [0.3, 0.4) is 0 Å². The Labute approximate surface area is 72.9 Å². The fourth-order valence-electron chi connectivity index (χ4n) is 1.14. The number of pyridine rings is 1. The summed E-state index contributed by atoms with van der Waals surface area (Å²) in [7, 11) is 0. The van der Waals surface area contributed by atoms with E-state index in [1.165, 1.54) is 22.9 Å². The zero-order valence-electron chi connectivity index (χ0n) is 6.51. The fourth-order valence-corrected chi connectivity index (χ4v) is 1.14. The van der Waals surface area contributed by atoms with E-state index in [1.54, 1.807) is 6.07 Å². The van der Waals surface area contributed by atoms with Crippen LogP contribution in [0.15, 0.2) is 24.5 Å². The van der Waals surface area contributed by atoms with Crippen molar-refractivity contribution in [1.29, 1.82) is 0 Å². The van der Waals surface area contributed by atoms with Crippen LogP contribution in [-0.2, 0) is 0 Å². The van der Waals surface area contributed by atoms with Gasteiger partial charge in [0, 0.05) is 0 Å². The number of nitrogens with zero attached hydrogens (tertiary/aromatic N) is 2. The van der Waals surface area contributed by atoms with Crippen LogP contribution >= 0.6 is 0 Å². The van der Waals surface area contributed by atoms with Gasteiger partial charge < -0.3 is 10.2 Å². The van der Waals surface area contributed by atoms with Crippen molar-refractivity contribution in [1.82, 2.24) is 9.38 Å². The van der Waals surface area contributed by atoms with Crippen LogP contribution in [0.1, 0.15) is 10.6 Å². The summed E-state index contributed by atoms with van der Waals surface area (Å²) in [5.74, 6) is -1.22. The van der Waals surface area contributed by atoms with Crippen LogP contribution in [0.4, 0.5) is 0 Å². The molecular formula is C8H6N2O3. The van der Waals surface area contributed by atoms with Crippen LogP contribution in [0, 0.1) is 0 Å². The first-order valence-corrected chi connectivity index (χ1v) is 3.58. The number of carboxylic acids is 1. The normalized spacial score (nSPS) is 10.5. The van der Waals surface area contributed by atoms with Crippen molar-refractivity contribution >= 4 is 11.5 Å². The summed E-state index contributed by atoms with van der Waals surface area (Å²) >= 11 is 0. The predicted molar refractivity (Wildman–Crippen MR) is 43.8 cm³/mol. The van der Waals surface area contributed by atoms with Crippen LogP contribution < -0.4 is 0 Å². The topological polar surface area (TPSA) is 74.8 Å². The van der Waals surface area contributed by atoms with Gasteiger partial charge in [0.05, 0.1) is 17.9 Å². The Kier molecular flexibility index (Phi) is 1.45. The van der Waals surface area contributed by atoms with E-state index in [0.717, 1.165) is 0 Å². The zero-order chi connectivity index (χ0) is 9.42. The first-order valence-electron chi connectivity index (χ1n) is 3.58. The van der Waals surface area contributed by atoms with Crippen molar-refractivity contribution in [2.45, 2.75) is 0 Å². The molecule has 0 fully saturated rings. The van der Waals surface area contributed by atoms with Crippen molar-refractivity contribution in [2.24, 2.45) is 0 Å². The molecule has 5 heteroatoms. The summed E-state index contributed by atoms with van der Waals surface area (Å²) < 4.78 is 1.32. The van der Waals surface area contributed by atoms with E-state index in [2.05, 4.69) is 4.98 Å². The Hall–Kier alpha value is -2.04. The molecule has 0 saturated carbocycles. The molecule has 0 radical (unpaired) electrons. The number of carbonyl (C=O) groups is 1. The Morgan fingerprint density at radius 2 is 2.23 bits per heavy atom. The summed E-state index contributed by atoms with van der Waals surface area (Å²) in [6, 6.07) is 3.07. The lowest BCUT2D eigenvalue weighted by atomic mass is 10.4. The van der Waals surface area contributed by atoms with Crippen molar-refractivity contribution in [2.75, 3.05) is 0 Å².